The molecular formula is C19H29N3. The van der Waals surface area contributed by atoms with E-state index in [1.165, 1.54) is 61.8 Å². The molecule has 1 aliphatic heterocycles. The second-order valence-electron chi connectivity index (χ2n) is 6.76. The van der Waals surface area contributed by atoms with Gasteiger partial charge < -0.3 is 15.2 Å². The van der Waals surface area contributed by atoms with E-state index in [0.717, 1.165) is 19.0 Å². The standard InChI is InChI=1S/C19H29N3/c1-16-8-13-22(14-9-16)12-3-2-10-20-15-17-5-4-6-19-18(17)7-11-21-19/h4-7,11,16,20-21H,2-3,8-10,12-15H2,1H3. The fourth-order valence-corrected chi connectivity index (χ4v) is 3.40. The van der Waals surface area contributed by atoms with Gasteiger partial charge >= 0.3 is 0 Å². The van der Waals surface area contributed by atoms with E-state index in [1.807, 2.05) is 6.20 Å². The largest absolute Gasteiger partial charge is 0.361 e. The summed E-state index contributed by atoms with van der Waals surface area (Å²) in [5, 5.41) is 4.94. The van der Waals surface area contributed by atoms with Crippen molar-refractivity contribution >= 4 is 10.9 Å². The number of aromatic nitrogens is 1. The monoisotopic (exact) mass is 299 g/mol. The van der Waals surface area contributed by atoms with Crippen molar-refractivity contribution < 1.29 is 0 Å². The van der Waals surface area contributed by atoms with Gasteiger partial charge in [-0.3, -0.25) is 0 Å². The molecule has 120 valence electrons. The van der Waals surface area contributed by atoms with Gasteiger partial charge in [-0.05, 0) is 75.5 Å². The maximum absolute atomic E-state index is 3.60. The minimum absolute atomic E-state index is 0.939. The fourth-order valence-electron chi connectivity index (χ4n) is 3.40. The van der Waals surface area contributed by atoms with Crippen molar-refractivity contribution in [2.75, 3.05) is 26.2 Å². The van der Waals surface area contributed by atoms with Gasteiger partial charge in [0.05, 0.1) is 0 Å². The lowest BCUT2D eigenvalue weighted by molar-refractivity contribution is 0.189. The molecule has 0 radical (unpaired) electrons. The Morgan fingerprint density at radius 2 is 2.05 bits per heavy atom. The quantitative estimate of drug-likeness (QED) is 0.763. The minimum atomic E-state index is 0.939. The van der Waals surface area contributed by atoms with Crippen LogP contribution in [0.3, 0.4) is 0 Å². The summed E-state index contributed by atoms with van der Waals surface area (Å²) in [7, 11) is 0. The number of hydrogen-bond acceptors (Lipinski definition) is 2. The van der Waals surface area contributed by atoms with Crippen LogP contribution in [0.2, 0.25) is 0 Å². The zero-order valence-electron chi connectivity index (χ0n) is 13.8. The molecule has 0 saturated carbocycles. The molecule has 0 spiro atoms. The zero-order valence-corrected chi connectivity index (χ0v) is 13.8. The summed E-state index contributed by atoms with van der Waals surface area (Å²) >= 11 is 0. The number of H-pyrrole nitrogens is 1. The average Bonchev–Trinajstić information content (AvgIpc) is 3.02. The van der Waals surface area contributed by atoms with E-state index in [1.54, 1.807) is 0 Å². The lowest BCUT2D eigenvalue weighted by Gasteiger charge is -2.30. The number of rotatable bonds is 7. The van der Waals surface area contributed by atoms with Crippen LogP contribution in [0.5, 0.6) is 0 Å². The van der Waals surface area contributed by atoms with Gasteiger partial charge in [0, 0.05) is 23.6 Å². The maximum atomic E-state index is 3.60. The first-order valence-electron chi connectivity index (χ1n) is 8.81. The van der Waals surface area contributed by atoms with Crippen LogP contribution in [0.15, 0.2) is 30.5 Å². The topological polar surface area (TPSA) is 31.1 Å². The Morgan fingerprint density at radius 3 is 2.91 bits per heavy atom. The van der Waals surface area contributed by atoms with Crippen LogP contribution in [0.25, 0.3) is 10.9 Å². The lowest BCUT2D eigenvalue weighted by Crippen LogP contribution is -2.33. The number of hydrogen-bond donors (Lipinski definition) is 2. The third-order valence-electron chi connectivity index (χ3n) is 4.95. The average molecular weight is 299 g/mol. The van der Waals surface area contributed by atoms with Gasteiger partial charge in [0.25, 0.3) is 0 Å². The molecule has 3 rings (SSSR count). The molecule has 1 saturated heterocycles. The van der Waals surface area contributed by atoms with Gasteiger partial charge in [0.2, 0.25) is 0 Å². The van der Waals surface area contributed by atoms with E-state index in [0.29, 0.717) is 0 Å². The molecule has 0 amide bonds. The molecule has 3 heteroatoms. The molecule has 22 heavy (non-hydrogen) atoms. The van der Waals surface area contributed by atoms with E-state index in [9.17, 15) is 0 Å². The molecule has 1 aliphatic rings. The first-order valence-corrected chi connectivity index (χ1v) is 8.81. The first kappa shape index (κ1) is 15.6. The molecule has 2 aromatic rings. The Labute approximate surface area is 134 Å². The van der Waals surface area contributed by atoms with E-state index in [4.69, 9.17) is 0 Å². The number of fused-ring (bicyclic) bond motifs is 1. The van der Waals surface area contributed by atoms with Gasteiger partial charge in [-0.2, -0.15) is 0 Å². The smallest absolute Gasteiger partial charge is 0.0457 e. The van der Waals surface area contributed by atoms with Crippen LogP contribution < -0.4 is 5.32 Å². The highest BCUT2D eigenvalue weighted by Gasteiger charge is 2.14. The summed E-state index contributed by atoms with van der Waals surface area (Å²) in [6, 6.07) is 8.66. The van der Waals surface area contributed by atoms with Crippen molar-refractivity contribution in [1.82, 2.24) is 15.2 Å². The molecule has 2 heterocycles. The van der Waals surface area contributed by atoms with Crippen molar-refractivity contribution in [2.45, 2.75) is 39.2 Å². The van der Waals surface area contributed by atoms with Crippen LogP contribution in [0.4, 0.5) is 0 Å². The minimum Gasteiger partial charge on any atom is -0.361 e. The van der Waals surface area contributed by atoms with Crippen molar-refractivity contribution in [2.24, 2.45) is 5.92 Å². The lowest BCUT2D eigenvalue weighted by atomic mass is 9.99. The van der Waals surface area contributed by atoms with Gasteiger partial charge in [0.1, 0.15) is 0 Å². The number of aromatic amines is 1. The van der Waals surface area contributed by atoms with Crippen molar-refractivity contribution in [3.8, 4) is 0 Å². The van der Waals surface area contributed by atoms with Crippen LogP contribution in [0, 0.1) is 5.92 Å². The Balaban J connectivity index is 1.32. The number of nitrogens with zero attached hydrogens (tertiary/aromatic N) is 1. The summed E-state index contributed by atoms with van der Waals surface area (Å²) in [6.45, 7) is 8.36. The second-order valence-corrected chi connectivity index (χ2v) is 6.76. The third kappa shape index (κ3) is 4.11. The highest BCUT2D eigenvalue weighted by Crippen LogP contribution is 2.17. The van der Waals surface area contributed by atoms with E-state index in [-0.39, 0.29) is 0 Å². The molecule has 3 nitrogen and oxygen atoms in total. The summed E-state index contributed by atoms with van der Waals surface area (Å²) in [5.74, 6) is 0.939. The van der Waals surface area contributed by atoms with E-state index >= 15 is 0 Å². The van der Waals surface area contributed by atoms with Crippen LogP contribution in [-0.2, 0) is 6.54 Å². The van der Waals surface area contributed by atoms with Crippen molar-refractivity contribution in [3.63, 3.8) is 0 Å². The van der Waals surface area contributed by atoms with Crippen molar-refractivity contribution in [3.05, 3.63) is 36.0 Å². The normalized spacial score (nSPS) is 17.3. The summed E-state index contributed by atoms with van der Waals surface area (Å²) in [4.78, 5) is 5.92. The van der Waals surface area contributed by atoms with Crippen molar-refractivity contribution in [1.29, 1.82) is 0 Å². The molecule has 1 aromatic carbocycles. The predicted molar refractivity (Wildman–Crippen MR) is 94.1 cm³/mol. The van der Waals surface area contributed by atoms with E-state index < -0.39 is 0 Å². The van der Waals surface area contributed by atoms with Crippen LogP contribution in [-0.4, -0.2) is 36.1 Å². The number of piperidine rings is 1. The second kappa shape index (κ2) is 7.80. The van der Waals surface area contributed by atoms with Crippen LogP contribution >= 0.6 is 0 Å². The molecule has 0 bridgehead atoms. The predicted octanol–water partition coefficient (Wildman–Crippen LogP) is 3.77. The highest BCUT2D eigenvalue weighted by atomic mass is 15.1. The summed E-state index contributed by atoms with van der Waals surface area (Å²) < 4.78 is 0. The Morgan fingerprint density at radius 1 is 1.18 bits per heavy atom. The molecule has 0 atom stereocenters. The Kier molecular flexibility index (Phi) is 5.52. The highest BCUT2D eigenvalue weighted by molar-refractivity contribution is 5.82. The molecule has 1 aromatic heterocycles. The number of benzene rings is 1. The molecule has 0 unspecified atom stereocenters. The Hall–Kier alpha value is -1.32. The molecule has 2 N–H and O–H groups in total. The van der Waals surface area contributed by atoms with Gasteiger partial charge in [-0.25, -0.2) is 0 Å². The molecule has 1 fully saturated rings. The number of unbranched alkanes of at least 4 members (excludes halogenated alkanes) is 1. The van der Waals surface area contributed by atoms with Gasteiger partial charge in [-0.15, -0.1) is 0 Å². The number of likely N-dealkylation sites (tertiary alicyclic amines) is 1. The zero-order chi connectivity index (χ0) is 15.2. The molecular weight excluding hydrogens is 270 g/mol. The van der Waals surface area contributed by atoms with Gasteiger partial charge in [0.15, 0.2) is 0 Å². The van der Waals surface area contributed by atoms with Gasteiger partial charge in [-0.1, -0.05) is 19.1 Å². The van der Waals surface area contributed by atoms with Crippen LogP contribution in [0.1, 0.15) is 38.2 Å². The molecule has 0 aliphatic carbocycles. The maximum Gasteiger partial charge on any atom is 0.0457 e. The van der Waals surface area contributed by atoms with E-state index in [2.05, 4.69) is 46.4 Å². The first-order chi connectivity index (χ1) is 10.8. The summed E-state index contributed by atoms with van der Waals surface area (Å²) in [5.41, 5.74) is 2.63. The SMILES string of the molecule is CC1CCN(CCCCNCc2cccc3[nH]ccc23)CC1. The third-order valence-corrected chi connectivity index (χ3v) is 4.95. The summed E-state index contributed by atoms with van der Waals surface area (Å²) in [6.07, 6.45) is 7.39. The fraction of sp³-hybridized carbons (Fsp3) is 0.579. The Bertz CT molecular complexity index is 567. The number of nitrogens with one attached hydrogen (secondary N) is 2.